The summed E-state index contributed by atoms with van der Waals surface area (Å²) in [5.74, 6) is -2.77. The van der Waals surface area contributed by atoms with Crippen LogP contribution in [0.15, 0.2) is 36.4 Å². The molecule has 1 unspecified atom stereocenters. The molecule has 2 aliphatic heterocycles. The maximum absolute atomic E-state index is 12.8. The van der Waals surface area contributed by atoms with Crippen molar-refractivity contribution in [3.05, 3.63) is 53.1 Å². The van der Waals surface area contributed by atoms with Gasteiger partial charge in [-0.3, -0.25) is 9.69 Å². The molecule has 1 saturated carbocycles. The largest absolute Gasteiger partial charge is 0.491 e. The normalized spacial score (nSPS) is 20.1. The lowest BCUT2D eigenvalue weighted by atomic mass is 9.91. The van der Waals surface area contributed by atoms with Crippen LogP contribution in [0.2, 0.25) is 0 Å². The van der Waals surface area contributed by atoms with Crippen molar-refractivity contribution in [2.24, 2.45) is 0 Å². The molecule has 1 aliphatic carbocycles. The summed E-state index contributed by atoms with van der Waals surface area (Å²) in [5.41, 5.74) is 3.40. The number of rotatable bonds is 4. The number of benzene rings is 2. The van der Waals surface area contributed by atoms with E-state index in [-0.39, 0.29) is 17.1 Å². The summed E-state index contributed by atoms with van der Waals surface area (Å²) < 4.78 is 51.4. The van der Waals surface area contributed by atoms with E-state index in [0.29, 0.717) is 11.7 Å². The fraction of sp³-hybridized carbons (Fsp3) is 0.417. The van der Waals surface area contributed by atoms with Crippen LogP contribution >= 0.6 is 0 Å². The topological polar surface area (TPSA) is 77.1 Å². The van der Waals surface area contributed by atoms with Crippen LogP contribution in [-0.4, -0.2) is 48.6 Å². The van der Waals surface area contributed by atoms with E-state index in [2.05, 4.69) is 21.0 Å². The van der Waals surface area contributed by atoms with Gasteiger partial charge in [-0.05, 0) is 67.1 Å². The molecule has 1 atom stereocenters. The Labute approximate surface area is 193 Å². The minimum atomic E-state index is -5.17. The molecule has 2 heterocycles. The third kappa shape index (κ3) is 4.68. The molecule has 1 amide bonds. The highest BCUT2D eigenvalue weighted by atomic mass is 19.4. The van der Waals surface area contributed by atoms with Gasteiger partial charge in [-0.25, -0.2) is 4.79 Å². The van der Waals surface area contributed by atoms with Gasteiger partial charge in [-0.15, -0.1) is 0 Å². The van der Waals surface area contributed by atoms with Gasteiger partial charge in [0.2, 0.25) is 0 Å². The average Bonchev–Trinajstić information content (AvgIpc) is 3.04. The van der Waals surface area contributed by atoms with Crippen molar-refractivity contribution in [3.63, 3.8) is 0 Å². The SMILES string of the molecule is O=C(Nc1ccc2c(c1)CCN(C1CCC1)CC2)c1ccc2c(c1)OC(OC(=O)C(F)(F)F)O2. The fourth-order valence-corrected chi connectivity index (χ4v) is 4.41. The second-order valence-electron chi connectivity index (χ2n) is 8.65. The quantitative estimate of drug-likeness (QED) is 0.671. The van der Waals surface area contributed by atoms with E-state index in [1.165, 1.54) is 48.6 Å². The zero-order chi connectivity index (χ0) is 23.9. The number of halogens is 3. The molecule has 1 fully saturated rings. The maximum atomic E-state index is 12.8. The molecule has 0 bridgehead atoms. The summed E-state index contributed by atoms with van der Waals surface area (Å²) in [4.78, 5) is 26.3. The van der Waals surface area contributed by atoms with Crippen LogP contribution in [0.1, 0.15) is 40.7 Å². The minimum Gasteiger partial charge on any atom is -0.419 e. The molecule has 2 aromatic rings. The summed E-state index contributed by atoms with van der Waals surface area (Å²) in [6.45, 7) is 0.198. The van der Waals surface area contributed by atoms with Crippen molar-refractivity contribution in [3.8, 4) is 11.5 Å². The van der Waals surface area contributed by atoms with Crippen LogP contribution in [0.5, 0.6) is 11.5 Å². The third-order valence-electron chi connectivity index (χ3n) is 6.48. The molecule has 2 aromatic carbocycles. The first-order valence-electron chi connectivity index (χ1n) is 11.2. The van der Waals surface area contributed by atoms with Crippen molar-refractivity contribution in [2.45, 2.75) is 50.8 Å². The van der Waals surface area contributed by atoms with Crippen LogP contribution in [0.4, 0.5) is 18.9 Å². The molecule has 180 valence electrons. The summed E-state index contributed by atoms with van der Waals surface area (Å²) in [7, 11) is 0. The maximum Gasteiger partial charge on any atom is 0.491 e. The number of carbonyl (C=O) groups is 2. The second kappa shape index (κ2) is 8.83. The molecule has 34 heavy (non-hydrogen) atoms. The van der Waals surface area contributed by atoms with Crippen molar-refractivity contribution in [1.29, 1.82) is 0 Å². The van der Waals surface area contributed by atoms with Gasteiger partial charge in [0.15, 0.2) is 11.5 Å². The van der Waals surface area contributed by atoms with E-state index in [1.54, 1.807) is 0 Å². The van der Waals surface area contributed by atoms with Gasteiger partial charge in [-0.2, -0.15) is 13.2 Å². The van der Waals surface area contributed by atoms with Crippen molar-refractivity contribution in [1.82, 2.24) is 4.90 Å². The molecule has 0 spiro atoms. The van der Waals surface area contributed by atoms with Gasteiger partial charge in [0.1, 0.15) is 0 Å². The predicted octanol–water partition coefficient (Wildman–Crippen LogP) is 4.05. The number of alkyl halides is 3. The Hall–Kier alpha value is -3.27. The van der Waals surface area contributed by atoms with Gasteiger partial charge in [0, 0.05) is 30.4 Å². The molecular weight excluding hydrogens is 453 g/mol. The molecular formula is C24H23F3N2O5. The molecule has 0 radical (unpaired) electrons. The summed E-state index contributed by atoms with van der Waals surface area (Å²) in [6.07, 6.45) is 0.608. The fourth-order valence-electron chi connectivity index (χ4n) is 4.41. The Balaban J connectivity index is 1.22. The number of anilines is 1. The highest BCUT2D eigenvalue weighted by molar-refractivity contribution is 6.04. The number of carbonyl (C=O) groups excluding carboxylic acids is 2. The Morgan fingerprint density at radius 3 is 2.41 bits per heavy atom. The third-order valence-corrected chi connectivity index (χ3v) is 6.48. The molecule has 5 rings (SSSR count). The summed E-state index contributed by atoms with van der Waals surface area (Å²) >= 11 is 0. The van der Waals surface area contributed by atoms with Crippen LogP contribution in [0.3, 0.4) is 0 Å². The Kier molecular flexibility index (Phi) is 5.85. The van der Waals surface area contributed by atoms with E-state index in [4.69, 9.17) is 9.47 Å². The number of fused-ring (bicyclic) bond motifs is 2. The lowest BCUT2D eigenvalue weighted by molar-refractivity contribution is -0.237. The van der Waals surface area contributed by atoms with E-state index < -0.39 is 24.5 Å². The molecule has 3 aliphatic rings. The molecule has 7 nitrogen and oxygen atoms in total. The number of hydrogen-bond donors (Lipinski definition) is 1. The van der Waals surface area contributed by atoms with E-state index in [9.17, 15) is 22.8 Å². The lowest BCUT2D eigenvalue weighted by Crippen LogP contribution is -2.41. The van der Waals surface area contributed by atoms with Gasteiger partial charge in [0.25, 0.3) is 5.91 Å². The van der Waals surface area contributed by atoms with Crippen LogP contribution in [-0.2, 0) is 22.4 Å². The Morgan fingerprint density at radius 2 is 1.71 bits per heavy atom. The first kappa shape index (κ1) is 22.5. The van der Waals surface area contributed by atoms with Crippen molar-refractivity contribution in [2.75, 3.05) is 18.4 Å². The molecule has 1 N–H and O–H groups in total. The van der Waals surface area contributed by atoms with Gasteiger partial charge >= 0.3 is 18.6 Å². The Bertz CT molecular complexity index is 1120. The van der Waals surface area contributed by atoms with E-state index in [1.807, 2.05) is 12.1 Å². The lowest BCUT2D eigenvalue weighted by Gasteiger charge is -2.36. The molecule has 10 heteroatoms. The molecule has 0 aromatic heterocycles. The van der Waals surface area contributed by atoms with Gasteiger partial charge in [0.05, 0.1) is 0 Å². The van der Waals surface area contributed by atoms with E-state index >= 15 is 0 Å². The Morgan fingerprint density at radius 1 is 0.971 bits per heavy atom. The zero-order valence-electron chi connectivity index (χ0n) is 18.2. The highest BCUT2D eigenvalue weighted by Gasteiger charge is 2.44. The number of amides is 1. The monoisotopic (exact) mass is 476 g/mol. The van der Waals surface area contributed by atoms with E-state index in [0.717, 1.165) is 25.9 Å². The van der Waals surface area contributed by atoms with Crippen molar-refractivity contribution < 1.29 is 37.0 Å². The summed E-state index contributed by atoms with van der Waals surface area (Å²) in [5, 5.41) is 2.86. The van der Waals surface area contributed by atoms with Gasteiger partial charge in [-0.1, -0.05) is 12.5 Å². The van der Waals surface area contributed by atoms with Crippen LogP contribution < -0.4 is 14.8 Å². The highest BCUT2D eigenvalue weighted by Crippen LogP contribution is 2.36. The van der Waals surface area contributed by atoms with Crippen LogP contribution in [0.25, 0.3) is 0 Å². The standard InChI is InChI=1S/C24H23F3N2O5/c25-24(26,27)22(31)34-23-32-19-7-5-16(13-20(19)33-23)21(30)28-17-6-4-14-8-10-29(18-2-1-3-18)11-9-15(14)12-17/h4-7,12-13,18,23H,1-3,8-11H2,(H,28,30). The zero-order valence-corrected chi connectivity index (χ0v) is 18.2. The van der Waals surface area contributed by atoms with Gasteiger partial charge < -0.3 is 19.5 Å². The first-order chi connectivity index (χ1) is 16.3. The minimum absolute atomic E-state index is 0.00522. The number of nitrogens with one attached hydrogen (secondary N) is 1. The summed E-state index contributed by atoms with van der Waals surface area (Å²) in [6, 6.07) is 10.8. The van der Waals surface area contributed by atoms with Crippen molar-refractivity contribution >= 4 is 17.6 Å². The second-order valence-corrected chi connectivity index (χ2v) is 8.65. The number of ether oxygens (including phenoxy) is 3. The average molecular weight is 476 g/mol. The number of hydrogen-bond acceptors (Lipinski definition) is 6. The smallest absolute Gasteiger partial charge is 0.419 e. The number of nitrogens with zero attached hydrogens (tertiary/aromatic N) is 1. The first-order valence-corrected chi connectivity index (χ1v) is 11.2. The van der Waals surface area contributed by atoms with Crippen LogP contribution in [0, 0.1) is 0 Å². The molecule has 0 saturated heterocycles. The number of esters is 1. The predicted molar refractivity (Wildman–Crippen MR) is 115 cm³/mol.